The highest BCUT2D eigenvalue weighted by Crippen LogP contribution is 2.29. The molecule has 0 bridgehead atoms. The number of Topliss-reactive ketones (excluding diaryl/α,β-unsaturated/α-hetero) is 1. The Morgan fingerprint density at radius 2 is 2.00 bits per heavy atom. The first kappa shape index (κ1) is 13.5. The summed E-state index contributed by atoms with van der Waals surface area (Å²) in [4.78, 5) is 12.3. The van der Waals surface area contributed by atoms with Gasteiger partial charge in [-0.25, -0.2) is 0 Å². The van der Waals surface area contributed by atoms with E-state index in [0.717, 1.165) is 16.9 Å². The molecule has 1 heterocycles. The third-order valence-corrected chi connectivity index (χ3v) is 3.97. The minimum Gasteiger partial charge on any atom is -0.482 e. The number of ether oxygens (including phenoxy) is 1. The molecule has 2 aromatic carbocycles. The van der Waals surface area contributed by atoms with Crippen LogP contribution in [-0.2, 0) is 17.6 Å². The maximum Gasteiger partial charge on any atom is 0.178 e. The summed E-state index contributed by atoms with van der Waals surface area (Å²) < 4.78 is 5.69. The van der Waals surface area contributed by atoms with Crippen molar-refractivity contribution in [1.82, 2.24) is 0 Å². The Kier molecular flexibility index (Phi) is 3.68. The molecule has 102 valence electrons. The van der Waals surface area contributed by atoms with Gasteiger partial charge >= 0.3 is 0 Å². The maximum atomic E-state index is 12.3. The molecule has 0 fully saturated rings. The van der Waals surface area contributed by atoms with Gasteiger partial charge in [-0.15, -0.1) is 0 Å². The molecule has 1 aliphatic heterocycles. The largest absolute Gasteiger partial charge is 0.482 e. The number of ketones is 1. The zero-order valence-electron chi connectivity index (χ0n) is 10.6. The van der Waals surface area contributed by atoms with Crippen LogP contribution in [0.1, 0.15) is 11.1 Å². The quantitative estimate of drug-likeness (QED) is 0.853. The molecular weight excluding hydrogens is 295 g/mol. The summed E-state index contributed by atoms with van der Waals surface area (Å²) in [5.41, 5.74) is 1.86. The Labute approximate surface area is 127 Å². The van der Waals surface area contributed by atoms with Gasteiger partial charge in [-0.2, -0.15) is 0 Å². The summed E-state index contributed by atoms with van der Waals surface area (Å²) in [6, 6.07) is 12.9. The first-order chi connectivity index (χ1) is 9.63. The Balaban J connectivity index is 1.72. The number of hydrogen-bond acceptors (Lipinski definition) is 2. The van der Waals surface area contributed by atoms with Gasteiger partial charge in [0.05, 0.1) is 0 Å². The predicted molar refractivity (Wildman–Crippen MR) is 79.7 cm³/mol. The lowest BCUT2D eigenvalue weighted by Gasteiger charge is -2.10. The number of para-hydroxylation sites is 1. The number of hydrogen-bond donors (Lipinski definition) is 0. The fraction of sp³-hybridized carbons (Fsp3) is 0.188. The number of carbonyl (C=O) groups excluding carboxylic acids is 1. The van der Waals surface area contributed by atoms with Crippen LogP contribution in [-0.4, -0.2) is 11.9 Å². The van der Waals surface area contributed by atoms with E-state index in [0.29, 0.717) is 16.5 Å². The van der Waals surface area contributed by atoms with Crippen molar-refractivity contribution in [3.63, 3.8) is 0 Å². The summed E-state index contributed by atoms with van der Waals surface area (Å²) in [5, 5.41) is 1.08. The van der Waals surface area contributed by atoms with E-state index in [-0.39, 0.29) is 12.2 Å². The molecule has 0 N–H and O–H groups in total. The van der Waals surface area contributed by atoms with Crippen LogP contribution in [0.5, 0.6) is 5.75 Å². The first-order valence-corrected chi connectivity index (χ1v) is 7.10. The second-order valence-electron chi connectivity index (χ2n) is 4.80. The molecule has 2 nitrogen and oxygen atoms in total. The SMILES string of the molecule is O=C(Cc1ccc(Cl)cc1Cl)C1Cc2ccccc2O1. The predicted octanol–water partition coefficient (Wildman–Crippen LogP) is 4.11. The third-order valence-electron chi connectivity index (χ3n) is 3.39. The molecule has 4 heteroatoms. The van der Waals surface area contributed by atoms with Crippen molar-refractivity contribution < 1.29 is 9.53 Å². The molecule has 1 atom stereocenters. The molecule has 1 unspecified atom stereocenters. The van der Waals surface area contributed by atoms with E-state index in [1.165, 1.54) is 0 Å². The van der Waals surface area contributed by atoms with Gasteiger partial charge in [0.2, 0.25) is 0 Å². The zero-order valence-corrected chi connectivity index (χ0v) is 12.1. The molecule has 0 saturated heterocycles. The number of halogens is 2. The standard InChI is InChI=1S/C16H12Cl2O2/c17-12-6-5-10(13(18)9-12)7-14(19)16-8-11-3-1-2-4-15(11)20-16/h1-6,9,16H,7-8H2. The normalized spacial score (nSPS) is 16.6. The van der Waals surface area contributed by atoms with E-state index in [2.05, 4.69) is 0 Å². The lowest BCUT2D eigenvalue weighted by atomic mass is 10.0. The van der Waals surface area contributed by atoms with Gasteiger partial charge in [-0.1, -0.05) is 47.5 Å². The van der Waals surface area contributed by atoms with Crippen molar-refractivity contribution in [2.24, 2.45) is 0 Å². The van der Waals surface area contributed by atoms with Gasteiger partial charge in [-0.3, -0.25) is 4.79 Å². The van der Waals surface area contributed by atoms with Crippen LogP contribution in [0.15, 0.2) is 42.5 Å². The Hall–Kier alpha value is -1.51. The van der Waals surface area contributed by atoms with E-state index < -0.39 is 6.10 Å². The lowest BCUT2D eigenvalue weighted by Crippen LogP contribution is -2.26. The van der Waals surface area contributed by atoms with E-state index in [1.807, 2.05) is 24.3 Å². The van der Waals surface area contributed by atoms with Gasteiger partial charge in [-0.05, 0) is 29.3 Å². The van der Waals surface area contributed by atoms with Gasteiger partial charge in [0.1, 0.15) is 5.75 Å². The minimum atomic E-state index is -0.417. The van der Waals surface area contributed by atoms with Gasteiger partial charge in [0.25, 0.3) is 0 Å². The van der Waals surface area contributed by atoms with Crippen molar-refractivity contribution in [1.29, 1.82) is 0 Å². The fourth-order valence-corrected chi connectivity index (χ4v) is 2.80. The second kappa shape index (κ2) is 5.47. The van der Waals surface area contributed by atoms with Crippen LogP contribution >= 0.6 is 23.2 Å². The molecule has 0 saturated carbocycles. The summed E-state index contributed by atoms with van der Waals surface area (Å²) in [6.45, 7) is 0. The van der Waals surface area contributed by atoms with Crippen molar-refractivity contribution in [2.75, 3.05) is 0 Å². The van der Waals surface area contributed by atoms with Gasteiger partial charge in [0.15, 0.2) is 11.9 Å². The Morgan fingerprint density at radius 1 is 1.20 bits per heavy atom. The number of rotatable bonds is 3. The van der Waals surface area contributed by atoms with Crippen LogP contribution < -0.4 is 4.74 Å². The minimum absolute atomic E-state index is 0.0328. The number of carbonyl (C=O) groups is 1. The van der Waals surface area contributed by atoms with Crippen LogP contribution in [0.2, 0.25) is 10.0 Å². The molecule has 0 spiro atoms. The Morgan fingerprint density at radius 3 is 2.75 bits per heavy atom. The smallest absolute Gasteiger partial charge is 0.178 e. The summed E-state index contributed by atoms with van der Waals surface area (Å²) in [5.74, 6) is 0.832. The van der Waals surface area contributed by atoms with Crippen molar-refractivity contribution in [2.45, 2.75) is 18.9 Å². The fourth-order valence-electron chi connectivity index (χ4n) is 2.33. The summed E-state index contributed by atoms with van der Waals surface area (Å²) in [7, 11) is 0. The van der Waals surface area contributed by atoms with Crippen molar-refractivity contribution in [3.05, 3.63) is 63.6 Å². The average Bonchev–Trinajstić information content (AvgIpc) is 2.86. The van der Waals surface area contributed by atoms with E-state index in [9.17, 15) is 4.79 Å². The molecular formula is C16H12Cl2O2. The molecule has 3 rings (SSSR count). The number of benzene rings is 2. The molecule has 2 aromatic rings. The van der Waals surface area contributed by atoms with Gasteiger partial charge in [0, 0.05) is 22.9 Å². The molecule has 20 heavy (non-hydrogen) atoms. The van der Waals surface area contributed by atoms with E-state index in [1.54, 1.807) is 18.2 Å². The maximum absolute atomic E-state index is 12.3. The highest BCUT2D eigenvalue weighted by atomic mass is 35.5. The first-order valence-electron chi connectivity index (χ1n) is 6.34. The summed E-state index contributed by atoms with van der Waals surface area (Å²) in [6.07, 6.45) is 0.466. The third kappa shape index (κ3) is 2.67. The molecule has 1 aliphatic rings. The second-order valence-corrected chi connectivity index (χ2v) is 5.64. The lowest BCUT2D eigenvalue weighted by molar-refractivity contribution is -0.124. The van der Waals surface area contributed by atoms with E-state index in [4.69, 9.17) is 27.9 Å². The van der Waals surface area contributed by atoms with Crippen LogP contribution in [0, 0.1) is 0 Å². The highest BCUT2D eigenvalue weighted by Gasteiger charge is 2.28. The summed E-state index contributed by atoms with van der Waals surface area (Å²) >= 11 is 11.9. The van der Waals surface area contributed by atoms with Crippen LogP contribution in [0.3, 0.4) is 0 Å². The Bertz CT molecular complexity index is 642. The zero-order chi connectivity index (χ0) is 14.1. The van der Waals surface area contributed by atoms with Crippen molar-refractivity contribution >= 4 is 29.0 Å². The van der Waals surface area contributed by atoms with E-state index >= 15 is 0 Å². The van der Waals surface area contributed by atoms with Gasteiger partial charge < -0.3 is 4.74 Å². The monoisotopic (exact) mass is 306 g/mol. The molecule has 0 aromatic heterocycles. The number of fused-ring (bicyclic) bond motifs is 1. The highest BCUT2D eigenvalue weighted by molar-refractivity contribution is 6.35. The van der Waals surface area contributed by atoms with Crippen LogP contribution in [0.25, 0.3) is 0 Å². The molecule has 0 radical (unpaired) electrons. The average molecular weight is 307 g/mol. The topological polar surface area (TPSA) is 26.3 Å². The molecule has 0 amide bonds. The van der Waals surface area contributed by atoms with Crippen molar-refractivity contribution in [3.8, 4) is 5.75 Å². The molecule has 0 aliphatic carbocycles. The van der Waals surface area contributed by atoms with Crippen LogP contribution in [0.4, 0.5) is 0 Å².